The van der Waals surface area contributed by atoms with E-state index >= 15 is 0 Å². The molecule has 1 heterocycles. The maximum absolute atomic E-state index is 12.1. The predicted octanol–water partition coefficient (Wildman–Crippen LogP) is 0.0343. The van der Waals surface area contributed by atoms with E-state index < -0.39 is 6.04 Å². The molecule has 1 aliphatic rings. The number of carbonyl (C=O) groups excluding carboxylic acids is 2. The first-order valence-electron chi connectivity index (χ1n) is 7.81. The molecule has 4 N–H and O–H groups in total. The Labute approximate surface area is 136 Å². The van der Waals surface area contributed by atoms with Crippen LogP contribution < -0.4 is 16.4 Å². The Hall–Kier alpha value is -1.96. The highest BCUT2D eigenvalue weighted by Gasteiger charge is 2.11. The van der Waals surface area contributed by atoms with Crippen molar-refractivity contribution in [3.63, 3.8) is 0 Å². The predicted molar refractivity (Wildman–Crippen MR) is 88.3 cm³/mol. The van der Waals surface area contributed by atoms with Gasteiger partial charge in [-0.2, -0.15) is 0 Å². The molecule has 2 rings (SSSR count). The van der Waals surface area contributed by atoms with Gasteiger partial charge in [-0.3, -0.25) is 14.5 Å². The van der Waals surface area contributed by atoms with Gasteiger partial charge in [0.25, 0.3) is 5.91 Å². The highest BCUT2D eigenvalue weighted by molar-refractivity contribution is 5.96. The molecule has 23 heavy (non-hydrogen) atoms. The number of hydrogen-bond donors (Lipinski definition) is 3. The molecule has 0 bridgehead atoms. The number of nitrogens with one attached hydrogen (secondary N) is 2. The fraction of sp³-hybridized carbons (Fsp3) is 0.500. The zero-order valence-corrected chi connectivity index (χ0v) is 13.4. The summed E-state index contributed by atoms with van der Waals surface area (Å²) in [7, 11) is 0. The second-order valence-electron chi connectivity index (χ2n) is 5.57. The van der Waals surface area contributed by atoms with E-state index in [2.05, 4.69) is 15.5 Å². The average molecular weight is 320 g/mol. The van der Waals surface area contributed by atoms with Crippen LogP contribution in [0.3, 0.4) is 0 Å². The van der Waals surface area contributed by atoms with Gasteiger partial charge in [-0.25, -0.2) is 0 Å². The number of amides is 2. The maximum atomic E-state index is 12.1. The lowest BCUT2D eigenvalue weighted by Gasteiger charge is -2.26. The van der Waals surface area contributed by atoms with Gasteiger partial charge in [-0.05, 0) is 31.2 Å². The molecule has 2 amide bonds. The highest BCUT2D eigenvalue weighted by Crippen LogP contribution is 2.09. The van der Waals surface area contributed by atoms with E-state index in [0.717, 1.165) is 32.8 Å². The van der Waals surface area contributed by atoms with Crippen LogP contribution in [0.1, 0.15) is 17.3 Å². The second kappa shape index (κ2) is 8.61. The zero-order chi connectivity index (χ0) is 16.7. The number of benzene rings is 1. The molecule has 1 atom stereocenters. The molecule has 1 unspecified atom stereocenters. The van der Waals surface area contributed by atoms with Crippen LogP contribution in [0.2, 0.25) is 0 Å². The third-order valence-electron chi connectivity index (χ3n) is 3.65. The summed E-state index contributed by atoms with van der Waals surface area (Å²) in [6, 6.07) is 6.17. The van der Waals surface area contributed by atoms with E-state index in [9.17, 15) is 9.59 Å². The van der Waals surface area contributed by atoms with Gasteiger partial charge in [0.15, 0.2) is 0 Å². The van der Waals surface area contributed by atoms with E-state index in [1.54, 1.807) is 31.2 Å². The van der Waals surface area contributed by atoms with Crippen LogP contribution in [0.25, 0.3) is 0 Å². The van der Waals surface area contributed by atoms with Crippen molar-refractivity contribution in [2.45, 2.75) is 13.0 Å². The molecule has 0 saturated carbocycles. The molecule has 126 valence electrons. The number of carbonyl (C=O) groups is 2. The smallest absolute Gasteiger partial charge is 0.251 e. The lowest BCUT2D eigenvalue weighted by atomic mass is 10.2. The summed E-state index contributed by atoms with van der Waals surface area (Å²) in [5.41, 5.74) is 6.67. The van der Waals surface area contributed by atoms with Gasteiger partial charge in [-0.15, -0.1) is 0 Å². The summed E-state index contributed by atoms with van der Waals surface area (Å²) in [5.74, 6) is -0.379. The van der Waals surface area contributed by atoms with E-state index in [4.69, 9.17) is 10.5 Å². The molecule has 1 fully saturated rings. The number of nitrogens with zero attached hydrogens (tertiary/aromatic N) is 1. The Kier molecular flexibility index (Phi) is 6.52. The molecule has 0 aromatic heterocycles. The number of rotatable bonds is 6. The molecule has 0 aliphatic carbocycles. The van der Waals surface area contributed by atoms with Crippen molar-refractivity contribution in [1.29, 1.82) is 0 Å². The topological polar surface area (TPSA) is 96.7 Å². The molecular weight excluding hydrogens is 296 g/mol. The van der Waals surface area contributed by atoms with Crippen LogP contribution in [-0.4, -0.2) is 62.1 Å². The summed E-state index contributed by atoms with van der Waals surface area (Å²) in [6.45, 7) is 6.35. The minimum atomic E-state index is -0.571. The second-order valence-corrected chi connectivity index (χ2v) is 5.57. The van der Waals surface area contributed by atoms with Crippen molar-refractivity contribution in [2.24, 2.45) is 5.73 Å². The SMILES string of the molecule is CC(N)C(=O)Nc1ccc(C(=O)NCCN2CCOCC2)cc1. The number of hydrogen-bond acceptors (Lipinski definition) is 5. The Morgan fingerprint density at radius 2 is 1.91 bits per heavy atom. The quantitative estimate of drug-likeness (QED) is 0.687. The first-order chi connectivity index (χ1) is 11.1. The van der Waals surface area contributed by atoms with Gasteiger partial charge in [0.05, 0.1) is 19.3 Å². The van der Waals surface area contributed by atoms with Crippen LogP contribution in [-0.2, 0) is 9.53 Å². The van der Waals surface area contributed by atoms with Gasteiger partial charge in [0.2, 0.25) is 5.91 Å². The highest BCUT2D eigenvalue weighted by atomic mass is 16.5. The van der Waals surface area contributed by atoms with Gasteiger partial charge in [-0.1, -0.05) is 0 Å². The van der Waals surface area contributed by atoms with Crippen LogP contribution in [0, 0.1) is 0 Å². The number of nitrogens with two attached hydrogens (primary N) is 1. The first-order valence-corrected chi connectivity index (χ1v) is 7.81. The lowest BCUT2D eigenvalue weighted by Crippen LogP contribution is -2.41. The summed E-state index contributed by atoms with van der Waals surface area (Å²) in [5, 5.41) is 5.58. The Bertz CT molecular complexity index is 525. The molecule has 1 aliphatic heterocycles. The van der Waals surface area contributed by atoms with Crippen molar-refractivity contribution in [3.8, 4) is 0 Å². The Morgan fingerprint density at radius 1 is 1.26 bits per heavy atom. The van der Waals surface area contributed by atoms with Crippen LogP contribution in [0.15, 0.2) is 24.3 Å². The lowest BCUT2D eigenvalue weighted by molar-refractivity contribution is -0.117. The zero-order valence-electron chi connectivity index (χ0n) is 13.4. The van der Waals surface area contributed by atoms with Gasteiger partial charge in [0.1, 0.15) is 0 Å². The summed E-state index contributed by atoms with van der Waals surface area (Å²) in [4.78, 5) is 25.8. The van der Waals surface area contributed by atoms with E-state index in [1.807, 2.05) is 0 Å². The van der Waals surface area contributed by atoms with Crippen molar-refractivity contribution in [1.82, 2.24) is 10.2 Å². The molecule has 1 saturated heterocycles. The summed E-state index contributed by atoms with van der Waals surface area (Å²) < 4.78 is 5.28. The standard InChI is InChI=1S/C16H24N4O3/c1-12(17)15(21)19-14-4-2-13(3-5-14)16(22)18-6-7-20-8-10-23-11-9-20/h2-5,12H,6-11,17H2,1H3,(H,18,22)(H,19,21). The van der Waals surface area contributed by atoms with Gasteiger partial charge >= 0.3 is 0 Å². The monoisotopic (exact) mass is 320 g/mol. The molecule has 0 radical (unpaired) electrons. The van der Waals surface area contributed by atoms with Crippen molar-refractivity contribution < 1.29 is 14.3 Å². The van der Waals surface area contributed by atoms with E-state index in [-0.39, 0.29) is 11.8 Å². The molecular formula is C16H24N4O3. The van der Waals surface area contributed by atoms with Crippen molar-refractivity contribution in [2.75, 3.05) is 44.7 Å². The van der Waals surface area contributed by atoms with Crippen molar-refractivity contribution in [3.05, 3.63) is 29.8 Å². The van der Waals surface area contributed by atoms with Crippen LogP contribution in [0.4, 0.5) is 5.69 Å². The molecule has 7 nitrogen and oxygen atoms in total. The average Bonchev–Trinajstić information content (AvgIpc) is 2.56. The minimum Gasteiger partial charge on any atom is -0.379 e. The molecule has 1 aromatic rings. The van der Waals surface area contributed by atoms with Crippen LogP contribution >= 0.6 is 0 Å². The van der Waals surface area contributed by atoms with Gasteiger partial charge in [0, 0.05) is 37.4 Å². The third-order valence-corrected chi connectivity index (χ3v) is 3.65. The number of anilines is 1. The fourth-order valence-corrected chi connectivity index (χ4v) is 2.22. The number of morpholine rings is 1. The van der Waals surface area contributed by atoms with Crippen molar-refractivity contribution >= 4 is 17.5 Å². The normalized spacial score (nSPS) is 16.6. The third kappa shape index (κ3) is 5.63. The Morgan fingerprint density at radius 3 is 2.52 bits per heavy atom. The van der Waals surface area contributed by atoms with E-state index in [1.165, 1.54) is 0 Å². The molecule has 7 heteroatoms. The van der Waals surface area contributed by atoms with Crippen LogP contribution in [0.5, 0.6) is 0 Å². The Balaban J connectivity index is 1.77. The molecule has 0 spiro atoms. The minimum absolute atomic E-state index is 0.122. The maximum Gasteiger partial charge on any atom is 0.251 e. The van der Waals surface area contributed by atoms with Gasteiger partial charge < -0.3 is 21.1 Å². The fourth-order valence-electron chi connectivity index (χ4n) is 2.22. The molecule has 1 aromatic carbocycles. The van der Waals surface area contributed by atoms with E-state index in [0.29, 0.717) is 17.8 Å². The largest absolute Gasteiger partial charge is 0.379 e. The summed E-state index contributed by atoms with van der Waals surface area (Å²) >= 11 is 0. The summed E-state index contributed by atoms with van der Waals surface area (Å²) in [6.07, 6.45) is 0. The first kappa shape index (κ1) is 17.4. The number of ether oxygens (including phenoxy) is 1.